The number of amides is 2. The summed E-state index contributed by atoms with van der Waals surface area (Å²) in [6.07, 6.45) is -0.827. The van der Waals surface area contributed by atoms with Crippen LogP contribution in [0.5, 0.6) is 0 Å². The SMILES string of the molecule is O=C(NC1CC(F)(F)C1)c1cc(NC(=O)C2C(c3cc(Cl)cc(Br)c3)C2(Cl)Cl)ccc1Cl. The third-order valence-corrected chi connectivity index (χ3v) is 7.43. The molecule has 32 heavy (non-hydrogen) atoms. The van der Waals surface area contributed by atoms with Crippen LogP contribution < -0.4 is 10.6 Å². The van der Waals surface area contributed by atoms with E-state index in [4.69, 9.17) is 46.4 Å². The molecule has 2 aliphatic rings. The van der Waals surface area contributed by atoms with E-state index >= 15 is 0 Å². The molecule has 2 N–H and O–H groups in total. The van der Waals surface area contributed by atoms with Gasteiger partial charge in [0.25, 0.3) is 11.8 Å². The lowest BCUT2D eigenvalue weighted by atomic mass is 9.88. The van der Waals surface area contributed by atoms with E-state index in [0.29, 0.717) is 16.3 Å². The Bertz CT molecular complexity index is 1090. The summed E-state index contributed by atoms with van der Waals surface area (Å²) in [6, 6.07) is 8.91. The maximum atomic E-state index is 13.0. The van der Waals surface area contributed by atoms with E-state index in [1.54, 1.807) is 18.2 Å². The maximum absolute atomic E-state index is 13.0. The Hall–Kier alpha value is -1.12. The van der Waals surface area contributed by atoms with Crippen molar-refractivity contribution in [2.75, 3.05) is 5.32 Å². The molecular weight excluding hydrogens is 572 g/mol. The van der Waals surface area contributed by atoms with Gasteiger partial charge in [0.1, 0.15) is 4.33 Å². The summed E-state index contributed by atoms with van der Waals surface area (Å²) in [6.45, 7) is 0. The summed E-state index contributed by atoms with van der Waals surface area (Å²) in [5.74, 6) is -5.02. The quantitative estimate of drug-likeness (QED) is 0.378. The molecule has 2 saturated carbocycles. The summed E-state index contributed by atoms with van der Waals surface area (Å²) in [4.78, 5) is 25.3. The molecule has 0 bridgehead atoms. The first-order valence-corrected chi connectivity index (χ1v) is 11.8. The Kier molecular flexibility index (Phi) is 6.44. The normalized spacial score (nSPS) is 23.2. The minimum absolute atomic E-state index is 0.0637. The molecular formula is C21H15BrCl4F2N2O2. The van der Waals surface area contributed by atoms with Crippen LogP contribution in [0.15, 0.2) is 40.9 Å². The molecule has 0 saturated heterocycles. The van der Waals surface area contributed by atoms with Crippen molar-refractivity contribution in [2.45, 2.75) is 35.1 Å². The molecule has 4 rings (SSSR count). The highest BCUT2D eigenvalue weighted by molar-refractivity contribution is 9.10. The second kappa shape index (κ2) is 8.58. The summed E-state index contributed by atoms with van der Waals surface area (Å²) >= 11 is 28.3. The predicted molar refractivity (Wildman–Crippen MR) is 125 cm³/mol. The smallest absolute Gasteiger partial charge is 0.253 e. The van der Waals surface area contributed by atoms with Crippen molar-refractivity contribution in [3.8, 4) is 0 Å². The average molecular weight is 587 g/mol. The minimum atomic E-state index is -2.76. The fourth-order valence-corrected chi connectivity index (χ4v) is 5.76. The first-order chi connectivity index (χ1) is 14.9. The van der Waals surface area contributed by atoms with Gasteiger partial charge in [-0.3, -0.25) is 9.59 Å². The van der Waals surface area contributed by atoms with Crippen LogP contribution in [0.4, 0.5) is 14.5 Å². The monoisotopic (exact) mass is 584 g/mol. The van der Waals surface area contributed by atoms with E-state index < -0.39 is 52.8 Å². The van der Waals surface area contributed by atoms with Crippen LogP contribution in [0.1, 0.15) is 34.7 Å². The molecule has 11 heteroatoms. The number of alkyl halides is 4. The fraction of sp³-hybridized carbons (Fsp3) is 0.333. The van der Waals surface area contributed by atoms with Crippen LogP contribution in [0.3, 0.4) is 0 Å². The third kappa shape index (κ3) is 4.87. The number of carbonyl (C=O) groups excluding carboxylic acids is 2. The molecule has 0 spiro atoms. The lowest BCUT2D eigenvalue weighted by molar-refractivity contribution is -0.117. The summed E-state index contributed by atoms with van der Waals surface area (Å²) < 4.78 is 25.4. The zero-order chi connectivity index (χ0) is 23.4. The van der Waals surface area contributed by atoms with Gasteiger partial charge in [-0.2, -0.15) is 0 Å². The Morgan fingerprint density at radius 3 is 2.38 bits per heavy atom. The molecule has 0 heterocycles. The Balaban J connectivity index is 1.46. The van der Waals surface area contributed by atoms with Crippen molar-refractivity contribution in [1.29, 1.82) is 0 Å². The van der Waals surface area contributed by atoms with Crippen LogP contribution in [0.25, 0.3) is 0 Å². The van der Waals surface area contributed by atoms with Crippen LogP contribution in [0.2, 0.25) is 10.0 Å². The van der Waals surface area contributed by atoms with Gasteiger partial charge in [-0.05, 0) is 42.0 Å². The van der Waals surface area contributed by atoms with Crippen LogP contribution >= 0.6 is 62.3 Å². The lowest BCUT2D eigenvalue weighted by Crippen LogP contribution is -2.50. The number of hydrogen-bond acceptors (Lipinski definition) is 2. The molecule has 2 aromatic rings. The first kappa shape index (κ1) is 24.0. The topological polar surface area (TPSA) is 58.2 Å². The van der Waals surface area contributed by atoms with Crippen molar-refractivity contribution in [3.05, 3.63) is 62.0 Å². The van der Waals surface area contributed by atoms with Gasteiger partial charge >= 0.3 is 0 Å². The second-order valence-corrected chi connectivity index (χ2v) is 11.2. The summed E-state index contributed by atoms with van der Waals surface area (Å²) in [5, 5.41) is 5.82. The van der Waals surface area contributed by atoms with Gasteiger partial charge in [0.2, 0.25) is 5.91 Å². The number of benzene rings is 2. The van der Waals surface area contributed by atoms with Crippen molar-refractivity contribution in [2.24, 2.45) is 5.92 Å². The van der Waals surface area contributed by atoms with E-state index in [2.05, 4.69) is 26.6 Å². The molecule has 4 nitrogen and oxygen atoms in total. The largest absolute Gasteiger partial charge is 0.349 e. The number of anilines is 1. The molecule has 2 fully saturated rings. The van der Waals surface area contributed by atoms with Gasteiger partial charge in [0.05, 0.1) is 16.5 Å². The van der Waals surface area contributed by atoms with E-state index in [0.717, 1.165) is 4.47 Å². The zero-order valence-electron chi connectivity index (χ0n) is 16.1. The lowest BCUT2D eigenvalue weighted by Gasteiger charge is -2.35. The molecule has 2 unspecified atom stereocenters. The molecule has 170 valence electrons. The second-order valence-electron chi connectivity index (χ2n) is 7.95. The highest BCUT2D eigenvalue weighted by atomic mass is 79.9. The van der Waals surface area contributed by atoms with Crippen molar-refractivity contribution < 1.29 is 18.4 Å². The van der Waals surface area contributed by atoms with Crippen LogP contribution in [-0.4, -0.2) is 28.1 Å². The van der Waals surface area contributed by atoms with Gasteiger partial charge < -0.3 is 10.6 Å². The molecule has 2 atom stereocenters. The van der Waals surface area contributed by atoms with E-state index in [1.807, 2.05) is 0 Å². The summed E-state index contributed by atoms with van der Waals surface area (Å²) in [7, 11) is 0. The highest BCUT2D eigenvalue weighted by Gasteiger charge is 2.67. The molecule has 2 amide bonds. The van der Waals surface area contributed by atoms with Gasteiger partial charge in [0.15, 0.2) is 0 Å². The van der Waals surface area contributed by atoms with Crippen LogP contribution in [-0.2, 0) is 4.79 Å². The van der Waals surface area contributed by atoms with Crippen molar-refractivity contribution in [3.63, 3.8) is 0 Å². The fourth-order valence-electron chi connectivity index (χ4n) is 3.85. The first-order valence-electron chi connectivity index (χ1n) is 9.50. The number of halogens is 7. The standard InChI is InChI=1S/C21H15BrCl4F2N2O2/c22-10-3-9(4-11(23)5-10)16-17(21(16,25)26)19(32)29-12-1-2-15(24)14(6-12)18(31)30-13-7-20(27,28)8-13/h1-6,13,16-17H,7-8H2,(H,29,32)(H,30,31). The number of hydrogen-bond donors (Lipinski definition) is 2. The molecule has 0 radical (unpaired) electrons. The van der Waals surface area contributed by atoms with Gasteiger partial charge in [-0.1, -0.05) is 39.1 Å². The van der Waals surface area contributed by atoms with Crippen LogP contribution in [0, 0.1) is 5.92 Å². The molecule has 2 aliphatic carbocycles. The number of nitrogens with one attached hydrogen (secondary N) is 2. The minimum Gasteiger partial charge on any atom is -0.349 e. The summed E-state index contributed by atoms with van der Waals surface area (Å²) in [5.41, 5.74) is 1.07. The Morgan fingerprint density at radius 2 is 1.75 bits per heavy atom. The van der Waals surface area contributed by atoms with E-state index in [9.17, 15) is 18.4 Å². The molecule has 2 aromatic carbocycles. The Morgan fingerprint density at radius 1 is 1.06 bits per heavy atom. The predicted octanol–water partition coefficient (Wildman–Crippen LogP) is 6.81. The van der Waals surface area contributed by atoms with Gasteiger partial charge in [-0.15, -0.1) is 23.2 Å². The van der Waals surface area contributed by atoms with Gasteiger partial charge in [0, 0.05) is 40.0 Å². The van der Waals surface area contributed by atoms with Crippen molar-refractivity contribution >= 4 is 79.8 Å². The third-order valence-electron chi connectivity index (χ3n) is 5.48. The molecule has 0 aliphatic heterocycles. The van der Waals surface area contributed by atoms with E-state index in [-0.39, 0.29) is 10.6 Å². The van der Waals surface area contributed by atoms with E-state index in [1.165, 1.54) is 18.2 Å². The average Bonchev–Trinajstić information content (AvgIpc) is 3.23. The molecule has 0 aromatic heterocycles. The maximum Gasteiger partial charge on any atom is 0.253 e. The Labute approximate surface area is 211 Å². The van der Waals surface area contributed by atoms with Gasteiger partial charge in [-0.25, -0.2) is 8.78 Å². The number of carbonyl (C=O) groups is 2. The highest BCUT2D eigenvalue weighted by Crippen LogP contribution is 2.65. The zero-order valence-corrected chi connectivity index (χ0v) is 20.7. The van der Waals surface area contributed by atoms with Crippen molar-refractivity contribution in [1.82, 2.24) is 5.32 Å². The number of rotatable bonds is 5.